The predicted octanol–water partition coefficient (Wildman–Crippen LogP) is 5.18. The second-order valence-electron chi connectivity index (χ2n) is 15.0. The molecule has 5 aliphatic carbocycles. The molecule has 0 aliphatic heterocycles. The highest BCUT2D eigenvalue weighted by Gasteiger charge is 2.71. The summed E-state index contributed by atoms with van der Waals surface area (Å²) in [5, 5.41) is 43.5. The van der Waals surface area contributed by atoms with E-state index < -0.39 is 29.0 Å². The minimum atomic E-state index is -1.07. The summed E-state index contributed by atoms with van der Waals surface area (Å²) in [7, 11) is 0. The van der Waals surface area contributed by atoms with Crippen LogP contribution in [0.1, 0.15) is 99.3 Å². The number of rotatable bonds is 2. The van der Waals surface area contributed by atoms with E-state index >= 15 is 0 Å². The lowest BCUT2D eigenvalue weighted by Crippen LogP contribution is -2.68. The van der Waals surface area contributed by atoms with Crippen molar-refractivity contribution in [3.63, 3.8) is 0 Å². The highest BCUT2D eigenvalue weighted by molar-refractivity contribution is 5.77. The van der Waals surface area contributed by atoms with Gasteiger partial charge in [-0.15, -0.1) is 0 Å². The van der Waals surface area contributed by atoms with Crippen LogP contribution in [0.2, 0.25) is 0 Å². The number of aliphatic hydroxyl groups excluding tert-OH is 3. The van der Waals surface area contributed by atoms with Gasteiger partial charge >= 0.3 is 5.97 Å². The molecule has 0 aromatic heterocycles. The maximum Gasteiger partial charge on any atom is 0.312 e. The summed E-state index contributed by atoms with van der Waals surface area (Å²) in [5.74, 6) is -0.323. The number of hydrogen-bond acceptors (Lipinski definition) is 4. The number of hydrogen-bond donors (Lipinski definition) is 4. The molecule has 0 radical (unpaired) electrons. The van der Waals surface area contributed by atoms with E-state index in [2.05, 4.69) is 47.6 Å². The van der Waals surface area contributed by atoms with Crippen LogP contribution in [0.4, 0.5) is 0 Å². The van der Waals surface area contributed by atoms with Gasteiger partial charge in [-0.25, -0.2) is 0 Å². The number of carbonyl (C=O) groups is 1. The van der Waals surface area contributed by atoms with Crippen LogP contribution in [0.5, 0.6) is 0 Å². The van der Waals surface area contributed by atoms with Gasteiger partial charge in [0.05, 0.1) is 18.8 Å². The second kappa shape index (κ2) is 7.57. The fourth-order valence-corrected chi connectivity index (χ4v) is 10.8. The molecule has 4 N–H and O–H groups in total. The summed E-state index contributed by atoms with van der Waals surface area (Å²) in [6.07, 6.45) is 8.30. The molecule has 4 saturated carbocycles. The molecule has 5 heteroatoms. The van der Waals surface area contributed by atoms with Crippen molar-refractivity contribution in [3.8, 4) is 0 Å². The summed E-state index contributed by atoms with van der Waals surface area (Å²) in [4.78, 5) is 12.8. The molecule has 0 amide bonds. The third-order valence-electron chi connectivity index (χ3n) is 13.2. The average molecular weight is 489 g/mol. The molecule has 0 aromatic carbocycles. The van der Waals surface area contributed by atoms with E-state index in [1.54, 1.807) is 0 Å². The van der Waals surface area contributed by atoms with E-state index in [1.165, 1.54) is 5.57 Å². The van der Waals surface area contributed by atoms with Crippen LogP contribution in [-0.4, -0.2) is 45.2 Å². The Labute approximate surface area is 211 Å². The van der Waals surface area contributed by atoms with Gasteiger partial charge in [0.1, 0.15) is 5.41 Å². The highest BCUT2D eigenvalue weighted by Crippen LogP contribution is 2.75. The van der Waals surface area contributed by atoms with Crippen molar-refractivity contribution < 1.29 is 25.2 Å². The Morgan fingerprint density at radius 2 is 1.60 bits per heavy atom. The third kappa shape index (κ3) is 3.01. The van der Waals surface area contributed by atoms with Crippen LogP contribution in [0, 0.1) is 50.2 Å². The van der Waals surface area contributed by atoms with E-state index in [1.807, 2.05) is 0 Å². The van der Waals surface area contributed by atoms with Gasteiger partial charge in [-0.05, 0) is 97.2 Å². The van der Waals surface area contributed by atoms with Gasteiger partial charge in [-0.3, -0.25) is 4.79 Å². The fraction of sp³-hybridized carbons (Fsp3) is 0.900. The number of carboxylic acids is 1. The van der Waals surface area contributed by atoms with Crippen LogP contribution >= 0.6 is 0 Å². The molecule has 0 spiro atoms. The minimum Gasteiger partial charge on any atom is -0.481 e. The number of allylic oxidation sites excluding steroid dienone is 2. The van der Waals surface area contributed by atoms with E-state index in [0.717, 1.165) is 38.5 Å². The molecule has 4 fully saturated rings. The molecule has 0 saturated heterocycles. The predicted molar refractivity (Wildman–Crippen MR) is 135 cm³/mol. The maximum atomic E-state index is 12.8. The van der Waals surface area contributed by atoms with Gasteiger partial charge in [-0.2, -0.15) is 0 Å². The molecule has 10 atom stereocenters. The summed E-state index contributed by atoms with van der Waals surface area (Å²) < 4.78 is 0. The van der Waals surface area contributed by atoms with Crippen molar-refractivity contribution in [3.05, 3.63) is 11.6 Å². The third-order valence-corrected chi connectivity index (χ3v) is 13.2. The first-order chi connectivity index (χ1) is 16.1. The molecular weight excluding hydrogens is 440 g/mol. The molecule has 5 nitrogen and oxygen atoms in total. The van der Waals surface area contributed by atoms with Crippen LogP contribution in [0.3, 0.4) is 0 Å². The van der Waals surface area contributed by atoms with Crippen molar-refractivity contribution in [2.45, 2.75) is 112 Å². The summed E-state index contributed by atoms with van der Waals surface area (Å²) >= 11 is 0. The Hall–Kier alpha value is -0.910. The standard InChI is InChI=1S/C30H48O5/c1-25(2)13-14-30(24(34)35)19(15-25)18-7-8-21-26(3)11-10-22(32)27(4,17-31)20(26)9-12-28(21,5)29(18,6)16-23(30)33/h7,19-23,31-33H,8-17H2,1-6H3,(H,34,35)/t19-,20+,21-,22+,23+,26+,27+,28-,29-,30-/m1/s1. The van der Waals surface area contributed by atoms with Crippen molar-refractivity contribution in [2.24, 2.45) is 50.2 Å². The Bertz CT molecular complexity index is 941. The normalized spacial score (nSPS) is 55.0. The first kappa shape index (κ1) is 25.7. The van der Waals surface area contributed by atoms with Crippen molar-refractivity contribution >= 4 is 5.97 Å². The molecule has 0 aromatic rings. The lowest BCUT2D eigenvalue weighted by molar-refractivity contribution is -0.226. The lowest BCUT2D eigenvalue weighted by Gasteiger charge is -2.71. The molecule has 0 heterocycles. The van der Waals surface area contributed by atoms with Crippen LogP contribution in [-0.2, 0) is 4.79 Å². The molecule has 5 aliphatic rings. The summed E-state index contributed by atoms with van der Waals surface area (Å²) in [6.45, 7) is 13.7. The quantitative estimate of drug-likeness (QED) is 0.402. The Kier molecular flexibility index (Phi) is 5.56. The van der Waals surface area contributed by atoms with Gasteiger partial charge in [0, 0.05) is 5.41 Å². The number of aliphatic hydroxyl groups is 3. The highest BCUT2D eigenvalue weighted by atomic mass is 16.4. The largest absolute Gasteiger partial charge is 0.481 e. The summed E-state index contributed by atoms with van der Waals surface area (Å²) in [5.41, 5.74) is -0.522. The topological polar surface area (TPSA) is 98.0 Å². The molecule has 0 unspecified atom stereocenters. The zero-order chi connectivity index (χ0) is 25.8. The molecule has 35 heavy (non-hydrogen) atoms. The van der Waals surface area contributed by atoms with Gasteiger partial charge in [0.15, 0.2) is 0 Å². The minimum absolute atomic E-state index is 0.00707. The number of fused-ring (bicyclic) bond motifs is 7. The summed E-state index contributed by atoms with van der Waals surface area (Å²) in [6, 6.07) is 0. The smallest absolute Gasteiger partial charge is 0.312 e. The second-order valence-corrected chi connectivity index (χ2v) is 15.0. The lowest BCUT2D eigenvalue weighted by atomic mass is 9.33. The van der Waals surface area contributed by atoms with Crippen LogP contribution in [0.25, 0.3) is 0 Å². The van der Waals surface area contributed by atoms with Crippen molar-refractivity contribution in [2.75, 3.05) is 6.61 Å². The molecule has 198 valence electrons. The van der Waals surface area contributed by atoms with E-state index in [9.17, 15) is 25.2 Å². The first-order valence-corrected chi connectivity index (χ1v) is 14.0. The van der Waals surface area contributed by atoms with Crippen molar-refractivity contribution in [1.29, 1.82) is 0 Å². The van der Waals surface area contributed by atoms with Crippen LogP contribution in [0.15, 0.2) is 11.6 Å². The van der Waals surface area contributed by atoms with Crippen molar-refractivity contribution in [1.82, 2.24) is 0 Å². The average Bonchev–Trinajstić information content (AvgIpc) is 2.76. The maximum absolute atomic E-state index is 12.8. The Morgan fingerprint density at radius 3 is 2.23 bits per heavy atom. The number of aliphatic carboxylic acids is 1. The van der Waals surface area contributed by atoms with E-state index in [0.29, 0.717) is 25.2 Å². The molecule has 5 rings (SSSR count). The van der Waals surface area contributed by atoms with Gasteiger partial charge in [0.25, 0.3) is 0 Å². The fourth-order valence-electron chi connectivity index (χ4n) is 10.8. The number of carboxylic acid groups (broad SMARTS) is 1. The van der Waals surface area contributed by atoms with Gasteiger partial charge < -0.3 is 20.4 Å². The van der Waals surface area contributed by atoms with Gasteiger partial charge in [-0.1, -0.05) is 53.2 Å². The zero-order valence-electron chi connectivity index (χ0n) is 22.7. The molecular formula is C30H48O5. The Morgan fingerprint density at radius 1 is 0.914 bits per heavy atom. The monoisotopic (exact) mass is 488 g/mol. The van der Waals surface area contributed by atoms with Gasteiger partial charge in [0.2, 0.25) is 0 Å². The first-order valence-electron chi connectivity index (χ1n) is 14.0. The molecule has 0 bridgehead atoms. The van der Waals surface area contributed by atoms with E-state index in [4.69, 9.17) is 0 Å². The van der Waals surface area contributed by atoms with E-state index in [-0.39, 0.29) is 40.1 Å². The Balaban J connectivity index is 1.63. The SMILES string of the molecule is CC1(C)CC[C@@]2(C(=O)O)[C@H](C1)C1=CC[C@@H]3[C@@]4(C)CC[C@H](O)[C@@](C)(CO)[C@H]4CC[C@@]3(C)[C@]1(C)C[C@@H]2O. The van der Waals surface area contributed by atoms with Crippen LogP contribution < -0.4 is 0 Å². The zero-order valence-corrected chi connectivity index (χ0v) is 22.7.